The zero-order valence-corrected chi connectivity index (χ0v) is 21.9. The molecule has 4 rings (SSSR count). The predicted octanol–water partition coefficient (Wildman–Crippen LogP) is 2.94. The summed E-state index contributed by atoms with van der Waals surface area (Å²) >= 11 is 1.24. The Bertz CT molecular complexity index is 1040. The largest absolute Gasteiger partial charge is 0.469 e. The summed E-state index contributed by atoms with van der Waals surface area (Å²) in [6.45, 7) is 2.76. The number of methoxy groups -OCH3 is 1. The first kappa shape index (κ1) is 29.3. The molecule has 0 bridgehead atoms. The summed E-state index contributed by atoms with van der Waals surface area (Å²) in [7, 11) is 1.46. The highest BCUT2D eigenvalue weighted by Crippen LogP contribution is 2.40. The molecule has 0 spiro atoms. The number of aromatic amines is 1. The van der Waals surface area contributed by atoms with E-state index in [4.69, 9.17) is 11.5 Å². The Morgan fingerprint density at radius 3 is 2.64 bits per heavy atom. The van der Waals surface area contributed by atoms with E-state index in [1.54, 1.807) is 0 Å². The Labute approximate surface area is 215 Å². The molecule has 1 saturated heterocycles. The Morgan fingerprint density at radius 2 is 2.00 bits per heavy atom. The van der Waals surface area contributed by atoms with E-state index in [0.717, 1.165) is 29.5 Å². The summed E-state index contributed by atoms with van der Waals surface area (Å²) in [6, 6.07) is 7.23. The van der Waals surface area contributed by atoms with E-state index in [9.17, 15) is 19.2 Å². The predicted molar refractivity (Wildman–Crippen MR) is 142 cm³/mol. The summed E-state index contributed by atoms with van der Waals surface area (Å²) in [5.74, 6) is -0.0645. The number of esters is 1. The van der Waals surface area contributed by atoms with Crippen LogP contribution in [0.2, 0.25) is 0 Å². The monoisotopic (exact) mass is 518 g/mol. The number of carbonyl (C=O) groups is 3. The molecule has 3 unspecified atom stereocenters. The van der Waals surface area contributed by atoms with Gasteiger partial charge in [0, 0.05) is 6.54 Å². The second kappa shape index (κ2) is 15.2. The van der Waals surface area contributed by atoms with Crippen LogP contribution in [0.4, 0.5) is 0 Å². The third-order valence-corrected chi connectivity index (χ3v) is 6.97. The average Bonchev–Trinajstić information content (AvgIpc) is 3.28. The molecule has 1 aromatic heterocycles. The SMILES string of the molecule is CCCCC/C=C\C1CC1C(=O)OC.NCC(=O)N1CCCC1C(N)=O.O=c1[nH]c2ccccc2s1. The first-order valence-electron chi connectivity index (χ1n) is 12.4. The number of nitrogens with two attached hydrogens (primary N) is 2. The molecule has 2 amide bonds. The number of primary amides is 1. The Hall–Kier alpha value is -2.98. The molecule has 1 aromatic carbocycles. The molecule has 2 heterocycles. The highest BCUT2D eigenvalue weighted by molar-refractivity contribution is 7.16. The molecule has 5 N–H and O–H groups in total. The first-order chi connectivity index (χ1) is 17.3. The van der Waals surface area contributed by atoms with Gasteiger partial charge in [0.25, 0.3) is 0 Å². The average molecular weight is 519 g/mol. The number of allylic oxidation sites excluding steroid dienone is 2. The summed E-state index contributed by atoms with van der Waals surface area (Å²) in [5, 5.41) is 0. The molecule has 2 aliphatic rings. The number of unbranched alkanes of at least 4 members (excludes halogenated alkanes) is 3. The molecule has 2 aromatic rings. The van der Waals surface area contributed by atoms with Crippen molar-refractivity contribution in [3.63, 3.8) is 0 Å². The maximum absolute atomic E-state index is 11.1. The lowest BCUT2D eigenvalue weighted by Gasteiger charge is -2.20. The van der Waals surface area contributed by atoms with Crippen LogP contribution in [0.25, 0.3) is 10.2 Å². The number of fused-ring (bicyclic) bond motifs is 1. The van der Waals surface area contributed by atoms with Crippen LogP contribution in [0.3, 0.4) is 0 Å². The second-order valence-electron chi connectivity index (χ2n) is 8.82. The van der Waals surface area contributed by atoms with Crippen molar-refractivity contribution in [1.29, 1.82) is 0 Å². The van der Waals surface area contributed by atoms with E-state index < -0.39 is 11.9 Å². The fraction of sp³-hybridized carbons (Fsp3) is 0.538. The van der Waals surface area contributed by atoms with E-state index in [-0.39, 0.29) is 29.2 Å². The zero-order valence-electron chi connectivity index (χ0n) is 21.1. The minimum Gasteiger partial charge on any atom is -0.469 e. The Kier molecular flexibility index (Phi) is 12.4. The van der Waals surface area contributed by atoms with Crippen molar-refractivity contribution in [3.05, 3.63) is 46.1 Å². The number of likely N-dealkylation sites (tertiary alicyclic amines) is 1. The summed E-state index contributed by atoms with van der Waals surface area (Å²) in [6.07, 6.45) is 11.9. The number of hydrogen-bond acceptors (Lipinski definition) is 7. The van der Waals surface area contributed by atoms with Crippen molar-refractivity contribution < 1.29 is 19.1 Å². The summed E-state index contributed by atoms with van der Waals surface area (Å²) in [4.78, 5) is 48.0. The number of benzene rings is 1. The van der Waals surface area contributed by atoms with Crippen LogP contribution in [0.1, 0.15) is 51.9 Å². The molecule has 9 nitrogen and oxygen atoms in total. The molecule has 1 aliphatic carbocycles. The lowest BCUT2D eigenvalue weighted by Crippen LogP contribution is -2.45. The van der Waals surface area contributed by atoms with Gasteiger partial charge in [0.1, 0.15) is 6.04 Å². The number of carbonyl (C=O) groups excluding carboxylic acids is 3. The second-order valence-corrected chi connectivity index (χ2v) is 9.83. The van der Waals surface area contributed by atoms with Gasteiger partial charge in [0.05, 0.1) is 29.8 Å². The molecule has 198 valence electrons. The van der Waals surface area contributed by atoms with Gasteiger partial charge in [-0.15, -0.1) is 0 Å². The molecular weight excluding hydrogens is 480 g/mol. The normalized spacial score (nSPS) is 20.3. The molecule has 0 radical (unpaired) electrons. The standard InChI is InChI=1S/C12H20O2.C7H13N3O2.C7H5NOS/c1-3-4-5-6-7-8-10-9-11(10)12(13)14-2;8-4-6(11)10-3-1-2-5(10)7(9)12;9-7-8-5-3-1-2-4-6(5)10-7/h7-8,10-11H,3-6,9H2,1-2H3;5H,1-4,8H2,(H2,9,12);1-4H,(H,8,9)/b8-7-;;. The Balaban J connectivity index is 0.000000192. The molecule has 36 heavy (non-hydrogen) atoms. The molecular formula is C26H38N4O5S. The number of aromatic nitrogens is 1. The van der Waals surface area contributed by atoms with Gasteiger partial charge in [-0.2, -0.15) is 0 Å². The van der Waals surface area contributed by atoms with Gasteiger partial charge in [-0.05, 0) is 50.2 Å². The molecule has 1 aliphatic heterocycles. The molecule has 3 atom stereocenters. The van der Waals surface area contributed by atoms with Crippen LogP contribution in [-0.4, -0.2) is 53.9 Å². The number of amides is 2. The molecule has 2 fully saturated rings. The van der Waals surface area contributed by atoms with Crippen molar-refractivity contribution >= 4 is 39.3 Å². The number of H-pyrrole nitrogens is 1. The highest BCUT2D eigenvalue weighted by Gasteiger charge is 2.41. The van der Waals surface area contributed by atoms with Crippen LogP contribution in [0, 0.1) is 11.8 Å². The van der Waals surface area contributed by atoms with Crippen molar-refractivity contribution in [1.82, 2.24) is 9.88 Å². The van der Waals surface area contributed by atoms with E-state index in [0.29, 0.717) is 18.9 Å². The van der Waals surface area contributed by atoms with Gasteiger partial charge in [-0.1, -0.05) is 55.4 Å². The fourth-order valence-electron chi connectivity index (χ4n) is 4.01. The number of para-hydroxylation sites is 1. The first-order valence-corrected chi connectivity index (χ1v) is 13.2. The van der Waals surface area contributed by atoms with Gasteiger partial charge >= 0.3 is 10.8 Å². The third kappa shape index (κ3) is 9.23. The fourth-order valence-corrected chi connectivity index (χ4v) is 4.74. The van der Waals surface area contributed by atoms with Crippen LogP contribution >= 0.6 is 11.3 Å². The summed E-state index contributed by atoms with van der Waals surface area (Å²) in [5.41, 5.74) is 11.2. The van der Waals surface area contributed by atoms with Crippen LogP contribution in [0.15, 0.2) is 41.2 Å². The highest BCUT2D eigenvalue weighted by atomic mass is 32.1. The van der Waals surface area contributed by atoms with Crippen LogP contribution in [0.5, 0.6) is 0 Å². The number of rotatable bonds is 8. The van der Waals surface area contributed by atoms with E-state index in [2.05, 4.69) is 28.8 Å². The van der Waals surface area contributed by atoms with Gasteiger partial charge in [0.15, 0.2) is 0 Å². The van der Waals surface area contributed by atoms with E-state index in [1.807, 2.05) is 24.3 Å². The Morgan fingerprint density at radius 1 is 1.25 bits per heavy atom. The van der Waals surface area contributed by atoms with Crippen molar-refractivity contribution in [2.75, 3.05) is 20.2 Å². The van der Waals surface area contributed by atoms with Crippen LogP contribution < -0.4 is 16.3 Å². The number of nitrogens with zero attached hydrogens (tertiary/aromatic N) is 1. The third-order valence-electron chi connectivity index (χ3n) is 6.10. The lowest BCUT2D eigenvalue weighted by molar-refractivity contribution is -0.142. The van der Waals surface area contributed by atoms with Gasteiger partial charge < -0.3 is 26.1 Å². The number of ether oxygens (including phenoxy) is 1. The number of hydrogen-bond donors (Lipinski definition) is 3. The van der Waals surface area contributed by atoms with Crippen LogP contribution in [-0.2, 0) is 19.1 Å². The number of nitrogens with one attached hydrogen (secondary N) is 1. The number of thiazole rings is 1. The minimum atomic E-state index is -0.436. The maximum atomic E-state index is 11.1. The zero-order chi connectivity index (χ0) is 26.5. The van der Waals surface area contributed by atoms with E-state index in [1.165, 1.54) is 42.6 Å². The smallest absolute Gasteiger partial charge is 0.309 e. The van der Waals surface area contributed by atoms with E-state index >= 15 is 0 Å². The maximum Gasteiger partial charge on any atom is 0.309 e. The minimum absolute atomic E-state index is 0.0150. The molecule has 1 saturated carbocycles. The lowest BCUT2D eigenvalue weighted by atomic mass is 10.2. The van der Waals surface area contributed by atoms with Gasteiger partial charge in [-0.25, -0.2) is 0 Å². The molecule has 10 heteroatoms. The van der Waals surface area contributed by atoms with Gasteiger partial charge in [0.2, 0.25) is 11.8 Å². The van der Waals surface area contributed by atoms with Crippen molar-refractivity contribution in [3.8, 4) is 0 Å². The quantitative estimate of drug-likeness (QED) is 0.278. The topological polar surface area (TPSA) is 149 Å². The van der Waals surface area contributed by atoms with Crippen molar-refractivity contribution in [2.45, 2.75) is 57.9 Å². The summed E-state index contributed by atoms with van der Waals surface area (Å²) < 4.78 is 5.70. The van der Waals surface area contributed by atoms with Gasteiger partial charge in [-0.3, -0.25) is 19.2 Å². The van der Waals surface area contributed by atoms with Crippen molar-refractivity contribution in [2.24, 2.45) is 23.3 Å².